The Bertz CT molecular complexity index is 622. The fourth-order valence-corrected chi connectivity index (χ4v) is 1.75. The highest BCUT2D eigenvalue weighted by Gasteiger charge is 2.09. The van der Waals surface area contributed by atoms with Gasteiger partial charge in [0.2, 0.25) is 5.91 Å². The average molecular weight is 318 g/mol. The first kappa shape index (κ1) is 16.4. The largest absolute Gasteiger partial charge is 0.497 e. The summed E-state index contributed by atoms with van der Waals surface area (Å²) in [6.07, 6.45) is 1.39. The number of methoxy groups -OCH3 is 1. The van der Waals surface area contributed by atoms with E-state index in [-0.39, 0.29) is 18.2 Å². The van der Waals surface area contributed by atoms with Crippen LogP contribution in [0.3, 0.4) is 0 Å². The van der Waals surface area contributed by atoms with Crippen LogP contribution in [0.1, 0.15) is 10.6 Å². The first-order chi connectivity index (χ1) is 11.2. The molecule has 2 amide bonds. The number of amides is 2. The SMILES string of the molecule is COc1ccc(OCCNC(=O)CNC(=O)c2ccco2)cc1. The molecule has 0 bridgehead atoms. The van der Waals surface area contributed by atoms with Crippen molar-refractivity contribution >= 4 is 11.8 Å². The molecule has 0 saturated heterocycles. The summed E-state index contributed by atoms with van der Waals surface area (Å²) in [5, 5.41) is 5.10. The van der Waals surface area contributed by atoms with E-state index in [1.54, 1.807) is 37.4 Å². The van der Waals surface area contributed by atoms with Crippen molar-refractivity contribution in [2.75, 3.05) is 26.8 Å². The number of carbonyl (C=O) groups excluding carboxylic acids is 2. The second-order valence-electron chi connectivity index (χ2n) is 4.53. The molecule has 0 spiro atoms. The molecule has 0 aliphatic rings. The molecule has 0 atom stereocenters. The third kappa shape index (κ3) is 5.39. The molecule has 7 nitrogen and oxygen atoms in total. The van der Waals surface area contributed by atoms with Crippen LogP contribution in [0.15, 0.2) is 47.1 Å². The molecule has 0 saturated carbocycles. The predicted octanol–water partition coefficient (Wildman–Crippen LogP) is 1.21. The van der Waals surface area contributed by atoms with Crippen LogP contribution in [0.5, 0.6) is 11.5 Å². The van der Waals surface area contributed by atoms with Crippen LogP contribution in [-0.2, 0) is 4.79 Å². The molecule has 1 heterocycles. The van der Waals surface area contributed by atoms with Crippen molar-refractivity contribution < 1.29 is 23.5 Å². The highest BCUT2D eigenvalue weighted by Crippen LogP contribution is 2.16. The summed E-state index contributed by atoms with van der Waals surface area (Å²) in [7, 11) is 1.59. The number of carbonyl (C=O) groups is 2. The molecule has 23 heavy (non-hydrogen) atoms. The predicted molar refractivity (Wildman–Crippen MR) is 82.5 cm³/mol. The van der Waals surface area contributed by atoms with E-state index in [4.69, 9.17) is 13.9 Å². The molecule has 0 aliphatic carbocycles. The van der Waals surface area contributed by atoms with Crippen molar-refractivity contribution in [3.8, 4) is 11.5 Å². The van der Waals surface area contributed by atoms with Crippen LogP contribution < -0.4 is 20.1 Å². The molecular weight excluding hydrogens is 300 g/mol. The van der Waals surface area contributed by atoms with Gasteiger partial charge in [-0.25, -0.2) is 0 Å². The number of benzene rings is 1. The van der Waals surface area contributed by atoms with Crippen LogP contribution >= 0.6 is 0 Å². The fraction of sp³-hybridized carbons (Fsp3) is 0.250. The van der Waals surface area contributed by atoms with Gasteiger partial charge in [-0.3, -0.25) is 9.59 Å². The molecule has 122 valence electrons. The maximum Gasteiger partial charge on any atom is 0.287 e. The molecule has 2 rings (SSSR count). The van der Waals surface area contributed by atoms with Gasteiger partial charge in [0.05, 0.1) is 26.5 Å². The van der Waals surface area contributed by atoms with E-state index in [0.717, 1.165) is 5.75 Å². The molecule has 0 aliphatic heterocycles. The second-order valence-corrected chi connectivity index (χ2v) is 4.53. The standard InChI is InChI=1S/C16H18N2O5/c1-21-12-4-6-13(7-5-12)22-10-8-17-15(19)11-18-16(20)14-3-2-9-23-14/h2-7,9H,8,10-11H2,1H3,(H,17,19)(H,18,20). The van der Waals surface area contributed by atoms with Crippen molar-refractivity contribution in [2.24, 2.45) is 0 Å². The van der Waals surface area contributed by atoms with E-state index in [1.807, 2.05) is 0 Å². The third-order valence-corrected chi connectivity index (χ3v) is 2.91. The van der Waals surface area contributed by atoms with Gasteiger partial charge in [0, 0.05) is 0 Å². The van der Waals surface area contributed by atoms with Gasteiger partial charge < -0.3 is 24.5 Å². The zero-order valence-corrected chi connectivity index (χ0v) is 12.7. The number of furan rings is 1. The Morgan fingerprint density at radius 2 is 1.83 bits per heavy atom. The monoisotopic (exact) mass is 318 g/mol. The Hall–Kier alpha value is -2.96. The molecule has 7 heteroatoms. The minimum absolute atomic E-state index is 0.123. The lowest BCUT2D eigenvalue weighted by Crippen LogP contribution is -2.38. The lowest BCUT2D eigenvalue weighted by atomic mass is 10.3. The van der Waals surface area contributed by atoms with Crippen molar-refractivity contribution in [3.05, 3.63) is 48.4 Å². The molecular formula is C16H18N2O5. The van der Waals surface area contributed by atoms with Crippen molar-refractivity contribution in [2.45, 2.75) is 0 Å². The van der Waals surface area contributed by atoms with Crippen molar-refractivity contribution in [1.29, 1.82) is 0 Å². The number of hydrogen-bond donors (Lipinski definition) is 2. The van der Waals surface area contributed by atoms with Gasteiger partial charge in [0.1, 0.15) is 18.1 Å². The molecule has 0 fully saturated rings. The van der Waals surface area contributed by atoms with Gasteiger partial charge >= 0.3 is 0 Å². The van der Waals surface area contributed by atoms with E-state index in [2.05, 4.69) is 10.6 Å². The van der Waals surface area contributed by atoms with Crippen LogP contribution in [0.25, 0.3) is 0 Å². The van der Waals surface area contributed by atoms with Crippen LogP contribution in [-0.4, -0.2) is 38.6 Å². The van der Waals surface area contributed by atoms with Crippen molar-refractivity contribution in [3.63, 3.8) is 0 Å². The number of hydrogen-bond acceptors (Lipinski definition) is 5. The minimum Gasteiger partial charge on any atom is -0.497 e. The number of rotatable bonds is 8. The van der Waals surface area contributed by atoms with Crippen molar-refractivity contribution in [1.82, 2.24) is 10.6 Å². The number of ether oxygens (including phenoxy) is 2. The van der Waals surface area contributed by atoms with Crippen LogP contribution in [0.2, 0.25) is 0 Å². The van der Waals surface area contributed by atoms with E-state index in [9.17, 15) is 9.59 Å². The summed E-state index contributed by atoms with van der Waals surface area (Å²) >= 11 is 0. The molecule has 2 N–H and O–H groups in total. The van der Waals surface area contributed by atoms with Crippen LogP contribution in [0.4, 0.5) is 0 Å². The van der Waals surface area contributed by atoms with Gasteiger partial charge in [-0.15, -0.1) is 0 Å². The first-order valence-electron chi connectivity index (χ1n) is 7.04. The van der Waals surface area contributed by atoms with Gasteiger partial charge in [0.15, 0.2) is 5.76 Å². The Kier molecular flexibility index (Phi) is 6.05. The average Bonchev–Trinajstić information content (AvgIpc) is 3.12. The maximum atomic E-state index is 11.6. The van der Waals surface area contributed by atoms with Gasteiger partial charge in [0.25, 0.3) is 5.91 Å². The summed E-state index contributed by atoms with van der Waals surface area (Å²) in [5.41, 5.74) is 0. The smallest absolute Gasteiger partial charge is 0.287 e. The summed E-state index contributed by atoms with van der Waals surface area (Å²) in [4.78, 5) is 23.1. The molecule has 2 aromatic rings. The summed E-state index contributed by atoms with van der Waals surface area (Å²) in [5.74, 6) is 0.868. The van der Waals surface area contributed by atoms with Crippen LogP contribution in [0, 0.1) is 0 Å². The topological polar surface area (TPSA) is 89.8 Å². The Balaban J connectivity index is 1.60. The second kappa shape index (κ2) is 8.47. The summed E-state index contributed by atoms with van der Waals surface area (Å²) < 4.78 is 15.4. The van der Waals surface area contributed by atoms with E-state index in [1.165, 1.54) is 12.3 Å². The number of nitrogens with one attached hydrogen (secondary N) is 2. The molecule has 1 aromatic carbocycles. The zero-order valence-electron chi connectivity index (χ0n) is 12.7. The first-order valence-corrected chi connectivity index (χ1v) is 7.04. The van der Waals surface area contributed by atoms with E-state index in [0.29, 0.717) is 18.9 Å². The Morgan fingerprint density at radius 3 is 2.48 bits per heavy atom. The van der Waals surface area contributed by atoms with E-state index < -0.39 is 5.91 Å². The highest BCUT2D eigenvalue weighted by atomic mass is 16.5. The molecule has 0 radical (unpaired) electrons. The Labute approximate surface area is 133 Å². The zero-order chi connectivity index (χ0) is 16.5. The quantitative estimate of drug-likeness (QED) is 0.714. The third-order valence-electron chi connectivity index (χ3n) is 2.91. The highest BCUT2D eigenvalue weighted by molar-refractivity contribution is 5.94. The Morgan fingerprint density at radius 1 is 1.09 bits per heavy atom. The van der Waals surface area contributed by atoms with E-state index >= 15 is 0 Å². The fourth-order valence-electron chi connectivity index (χ4n) is 1.75. The normalized spacial score (nSPS) is 9.96. The van der Waals surface area contributed by atoms with Gasteiger partial charge in [-0.1, -0.05) is 0 Å². The molecule has 1 aromatic heterocycles. The summed E-state index contributed by atoms with van der Waals surface area (Å²) in [6.45, 7) is 0.535. The molecule has 0 unspecified atom stereocenters. The minimum atomic E-state index is -0.431. The lowest BCUT2D eigenvalue weighted by Gasteiger charge is -2.08. The maximum absolute atomic E-state index is 11.6. The summed E-state index contributed by atoms with van der Waals surface area (Å²) in [6, 6.07) is 10.3. The lowest BCUT2D eigenvalue weighted by molar-refractivity contribution is -0.120. The van der Waals surface area contributed by atoms with Gasteiger partial charge in [-0.05, 0) is 36.4 Å². The van der Waals surface area contributed by atoms with Gasteiger partial charge in [-0.2, -0.15) is 0 Å².